The molecule has 1 heterocycles. The van der Waals surface area contributed by atoms with Crippen LogP contribution < -0.4 is 0 Å². The number of carbonyl (C=O) groups excluding carboxylic acids is 1. The van der Waals surface area contributed by atoms with Crippen LogP contribution in [-0.2, 0) is 0 Å². The molecule has 1 aromatic heterocycles. The van der Waals surface area contributed by atoms with E-state index < -0.39 is 5.78 Å². The Morgan fingerprint density at radius 3 is 2.88 bits per heavy atom. The van der Waals surface area contributed by atoms with Crippen molar-refractivity contribution in [3.63, 3.8) is 0 Å². The molecule has 0 radical (unpaired) electrons. The van der Waals surface area contributed by atoms with Gasteiger partial charge in [0.25, 0.3) is 0 Å². The predicted octanol–water partition coefficient (Wildman–Crippen LogP) is 1.72. The summed E-state index contributed by atoms with van der Waals surface area (Å²) in [5.41, 5.74) is 0.0489. The van der Waals surface area contributed by atoms with Crippen LogP contribution in [0, 0.1) is 0 Å². The fourth-order valence-corrected chi connectivity index (χ4v) is 1.33. The Balaban J connectivity index is 2.23. The van der Waals surface area contributed by atoms with E-state index >= 15 is 0 Å². The van der Waals surface area contributed by atoms with Gasteiger partial charge in [-0.15, -0.1) is 0 Å². The van der Waals surface area contributed by atoms with Crippen LogP contribution in [0.25, 0.3) is 6.08 Å². The Kier molecular flexibility index (Phi) is 2.91. The molecule has 86 valence electrons. The Labute approximate surface area is 97.1 Å². The van der Waals surface area contributed by atoms with Gasteiger partial charge in [-0.3, -0.25) is 4.79 Å². The molecule has 2 rings (SSSR count). The lowest BCUT2D eigenvalue weighted by molar-refractivity contribution is 0.104. The molecule has 5 heteroatoms. The number of phenolic OH excluding ortho intramolecular Hbond substituents is 2. The van der Waals surface area contributed by atoms with Gasteiger partial charge in [0.2, 0.25) is 0 Å². The minimum atomic E-state index is -0.408. The van der Waals surface area contributed by atoms with Crippen LogP contribution in [0.1, 0.15) is 16.2 Å². The molecule has 0 fully saturated rings. The molecule has 5 nitrogen and oxygen atoms in total. The third kappa shape index (κ3) is 2.52. The number of allylic oxidation sites excluding steroid dienone is 1. The molecule has 3 N–H and O–H groups in total. The van der Waals surface area contributed by atoms with Crippen molar-refractivity contribution in [3.05, 3.63) is 48.1 Å². The predicted molar refractivity (Wildman–Crippen MR) is 61.7 cm³/mol. The number of aromatic hydroxyl groups is 2. The van der Waals surface area contributed by atoms with Gasteiger partial charge in [-0.1, -0.05) is 0 Å². The highest BCUT2D eigenvalue weighted by molar-refractivity contribution is 6.08. The number of rotatable bonds is 3. The average molecular weight is 230 g/mol. The minimum Gasteiger partial charge on any atom is -0.508 e. The van der Waals surface area contributed by atoms with Gasteiger partial charge in [0, 0.05) is 12.4 Å². The van der Waals surface area contributed by atoms with E-state index in [1.54, 1.807) is 12.4 Å². The van der Waals surface area contributed by atoms with Crippen molar-refractivity contribution in [2.75, 3.05) is 0 Å². The molecular formula is C12H10N2O3. The smallest absolute Gasteiger partial charge is 0.189 e. The van der Waals surface area contributed by atoms with E-state index in [9.17, 15) is 15.0 Å². The molecule has 0 atom stereocenters. The van der Waals surface area contributed by atoms with Gasteiger partial charge in [0.15, 0.2) is 5.78 Å². The number of hydrogen-bond donors (Lipinski definition) is 3. The lowest BCUT2D eigenvalue weighted by atomic mass is 10.1. The Hall–Kier alpha value is -2.56. The summed E-state index contributed by atoms with van der Waals surface area (Å²) in [6.45, 7) is 0. The summed E-state index contributed by atoms with van der Waals surface area (Å²) in [5.74, 6) is -0.109. The third-order valence-corrected chi connectivity index (χ3v) is 2.16. The fraction of sp³-hybridized carbons (Fsp3) is 0. The molecule has 1 aromatic carbocycles. The highest BCUT2D eigenvalue weighted by Gasteiger charge is 2.08. The number of aromatic amines is 1. The quantitative estimate of drug-likeness (QED) is 0.425. The largest absolute Gasteiger partial charge is 0.508 e. The van der Waals surface area contributed by atoms with Crippen molar-refractivity contribution in [2.45, 2.75) is 0 Å². The molecule has 0 saturated carbocycles. The fourth-order valence-electron chi connectivity index (χ4n) is 1.33. The second-order valence-electron chi connectivity index (χ2n) is 3.37. The van der Waals surface area contributed by atoms with E-state index in [1.807, 2.05) is 0 Å². The number of imidazole rings is 1. The number of hydrogen-bond acceptors (Lipinski definition) is 4. The van der Waals surface area contributed by atoms with E-state index in [0.29, 0.717) is 5.82 Å². The van der Waals surface area contributed by atoms with Gasteiger partial charge in [-0.05, 0) is 30.4 Å². The van der Waals surface area contributed by atoms with Gasteiger partial charge in [-0.2, -0.15) is 0 Å². The van der Waals surface area contributed by atoms with Gasteiger partial charge in [0.05, 0.1) is 5.56 Å². The van der Waals surface area contributed by atoms with E-state index in [4.69, 9.17) is 0 Å². The van der Waals surface area contributed by atoms with E-state index in [-0.39, 0.29) is 17.1 Å². The number of H-pyrrole nitrogens is 1. The maximum absolute atomic E-state index is 11.7. The molecule has 0 aliphatic carbocycles. The van der Waals surface area contributed by atoms with Crippen LogP contribution >= 0.6 is 0 Å². The summed E-state index contributed by atoms with van der Waals surface area (Å²) in [7, 11) is 0. The first-order valence-electron chi connectivity index (χ1n) is 4.90. The summed E-state index contributed by atoms with van der Waals surface area (Å²) in [4.78, 5) is 18.4. The van der Waals surface area contributed by atoms with Gasteiger partial charge in [-0.25, -0.2) is 4.98 Å². The highest BCUT2D eigenvalue weighted by Crippen LogP contribution is 2.22. The molecule has 0 unspecified atom stereocenters. The summed E-state index contributed by atoms with van der Waals surface area (Å²) in [6.07, 6.45) is 5.96. The number of benzene rings is 1. The number of phenols is 2. The molecule has 0 aliphatic rings. The molecule has 2 aromatic rings. The lowest BCUT2D eigenvalue weighted by Crippen LogP contribution is -1.94. The Morgan fingerprint density at radius 1 is 1.35 bits per heavy atom. The molecule has 17 heavy (non-hydrogen) atoms. The van der Waals surface area contributed by atoms with E-state index in [2.05, 4.69) is 9.97 Å². The van der Waals surface area contributed by atoms with Crippen LogP contribution in [0.2, 0.25) is 0 Å². The molecule has 0 saturated heterocycles. The number of carbonyl (C=O) groups is 1. The van der Waals surface area contributed by atoms with Gasteiger partial charge in [0.1, 0.15) is 17.3 Å². The van der Waals surface area contributed by atoms with Crippen molar-refractivity contribution in [1.29, 1.82) is 0 Å². The maximum Gasteiger partial charge on any atom is 0.189 e. The third-order valence-electron chi connectivity index (χ3n) is 2.16. The Bertz CT molecular complexity index is 559. The van der Waals surface area contributed by atoms with Crippen LogP contribution in [0.3, 0.4) is 0 Å². The number of nitrogens with one attached hydrogen (secondary N) is 1. The number of ketones is 1. The maximum atomic E-state index is 11.7. The van der Waals surface area contributed by atoms with Crippen molar-refractivity contribution in [3.8, 4) is 11.5 Å². The average Bonchev–Trinajstić information content (AvgIpc) is 2.82. The van der Waals surface area contributed by atoms with Crippen molar-refractivity contribution in [2.24, 2.45) is 0 Å². The summed E-state index contributed by atoms with van der Waals surface area (Å²) in [6, 6.07) is 3.79. The zero-order valence-corrected chi connectivity index (χ0v) is 8.79. The zero-order chi connectivity index (χ0) is 12.3. The monoisotopic (exact) mass is 230 g/mol. The molecule has 0 bridgehead atoms. The van der Waals surface area contributed by atoms with Crippen molar-refractivity contribution >= 4 is 11.9 Å². The summed E-state index contributed by atoms with van der Waals surface area (Å²) in [5, 5.41) is 18.7. The summed E-state index contributed by atoms with van der Waals surface area (Å²) < 4.78 is 0. The second-order valence-corrected chi connectivity index (χ2v) is 3.37. The van der Waals surface area contributed by atoms with Crippen LogP contribution in [-0.4, -0.2) is 26.0 Å². The van der Waals surface area contributed by atoms with Crippen molar-refractivity contribution in [1.82, 2.24) is 9.97 Å². The minimum absolute atomic E-state index is 0.0489. The number of aromatic nitrogens is 2. The van der Waals surface area contributed by atoms with Gasteiger partial charge >= 0.3 is 0 Å². The first kappa shape index (κ1) is 10.9. The SMILES string of the molecule is O=C(/C=C/c1ncc[nH]1)c1cc(O)ccc1O. The normalized spacial score (nSPS) is 10.8. The van der Waals surface area contributed by atoms with E-state index in [0.717, 1.165) is 0 Å². The molecule has 0 spiro atoms. The Morgan fingerprint density at radius 2 is 2.18 bits per heavy atom. The highest BCUT2D eigenvalue weighted by atomic mass is 16.3. The first-order valence-corrected chi connectivity index (χ1v) is 4.90. The van der Waals surface area contributed by atoms with Crippen molar-refractivity contribution < 1.29 is 15.0 Å². The van der Waals surface area contributed by atoms with Crippen LogP contribution in [0.15, 0.2) is 36.7 Å². The number of nitrogens with zero attached hydrogens (tertiary/aromatic N) is 1. The topological polar surface area (TPSA) is 86.2 Å². The standard InChI is InChI=1S/C12H10N2O3/c15-8-1-2-10(16)9(7-8)11(17)3-4-12-13-5-6-14-12/h1-7,15-16H,(H,13,14)/b4-3+. The molecule has 0 aliphatic heterocycles. The molecule has 0 amide bonds. The van der Waals surface area contributed by atoms with Gasteiger partial charge < -0.3 is 15.2 Å². The summed E-state index contributed by atoms with van der Waals surface area (Å²) >= 11 is 0. The zero-order valence-electron chi connectivity index (χ0n) is 8.79. The first-order chi connectivity index (χ1) is 8.16. The van der Waals surface area contributed by atoms with E-state index in [1.165, 1.54) is 30.4 Å². The molecular weight excluding hydrogens is 220 g/mol. The van der Waals surface area contributed by atoms with Crippen LogP contribution in [0.5, 0.6) is 11.5 Å². The lowest BCUT2D eigenvalue weighted by Gasteiger charge is -2.00. The van der Waals surface area contributed by atoms with Crippen LogP contribution in [0.4, 0.5) is 0 Å². The second kappa shape index (κ2) is 4.52.